The molecule has 0 bridgehead atoms. The van der Waals surface area contributed by atoms with E-state index in [1.165, 1.54) is 5.56 Å². The van der Waals surface area contributed by atoms with E-state index in [2.05, 4.69) is 40.5 Å². The van der Waals surface area contributed by atoms with Crippen LogP contribution in [-0.2, 0) is 11.3 Å². The Balaban J connectivity index is 1.60. The molecule has 2 aliphatic heterocycles. The van der Waals surface area contributed by atoms with Crippen molar-refractivity contribution in [2.45, 2.75) is 18.6 Å². The van der Waals surface area contributed by atoms with Crippen LogP contribution in [0.2, 0.25) is 0 Å². The minimum absolute atomic E-state index is 0.0903. The van der Waals surface area contributed by atoms with Gasteiger partial charge in [-0.25, -0.2) is 0 Å². The molecule has 0 aromatic heterocycles. The van der Waals surface area contributed by atoms with E-state index in [0.29, 0.717) is 0 Å². The molecule has 0 saturated carbocycles. The zero-order chi connectivity index (χ0) is 11.6. The molecule has 17 heavy (non-hydrogen) atoms. The third-order valence-corrected chi connectivity index (χ3v) is 3.78. The van der Waals surface area contributed by atoms with E-state index >= 15 is 0 Å². The van der Waals surface area contributed by atoms with Gasteiger partial charge in [-0.15, -0.1) is 0 Å². The van der Waals surface area contributed by atoms with E-state index in [1.54, 1.807) is 0 Å². The molecule has 3 heteroatoms. The molecule has 2 heterocycles. The molecule has 3 nitrogen and oxygen atoms in total. The third kappa shape index (κ3) is 2.51. The smallest absolute Gasteiger partial charge is 0.0945 e. The van der Waals surface area contributed by atoms with Crippen molar-refractivity contribution in [1.82, 2.24) is 10.2 Å². The van der Waals surface area contributed by atoms with E-state index in [4.69, 9.17) is 4.74 Å². The lowest BCUT2D eigenvalue weighted by Gasteiger charge is -2.34. The van der Waals surface area contributed by atoms with Gasteiger partial charge in [-0.2, -0.15) is 0 Å². The number of nitrogens with zero attached hydrogens (tertiary/aromatic N) is 1. The van der Waals surface area contributed by atoms with Crippen LogP contribution >= 0.6 is 0 Å². The highest BCUT2D eigenvalue weighted by Crippen LogP contribution is 2.27. The fraction of sp³-hybridized carbons (Fsp3) is 0.571. The van der Waals surface area contributed by atoms with Crippen molar-refractivity contribution >= 4 is 0 Å². The fourth-order valence-corrected chi connectivity index (χ4v) is 2.87. The summed E-state index contributed by atoms with van der Waals surface area (Å²) in [6.45, 7) is 6.13. The van der Waals surface area contributed by atoms with E-state index in [-0.39, 0.29) is 5.60 Å². The molecule has 92 valence electrons. The molecule has 2 fully saturated rings. The zero-order valence-electron chi connectivity index (χ0n) is 10.2. The Labute approximate surface area is 103 Å². The van der Waals surface area contributed by atoms with Crippen LogP contribution < -0.4 is 5.32 Å². The van der Waals surface area contributed by atoms with E-state index < -0.39 is 0 Å². The summed E-state index contributed by atoms with van der Waals surface area (Å²) in [4.78, 5) is 2.50. The van der Waals surface area contributed by atoms with Gasteiger partial charge in [-0.1, -0.05) is 30.3 Å². The van der Waals surface area contributed by atoms with Gasteiger partial charge >= 0.3 is 0 Å². The number of nitrogens with one attached hydrogen (secondary N) is 1. The van der Waals surface area contributed by atoms with Crippen LogP contribution in [0.15, 0.2) is 30.3 Å². The van der Waals surface area contributed by atoms with E-state index in [1.807, 2.05) is 0 Å². The maximum atomic E-state index is 5.99. The van der Waals surface area contributed by atoms with Crippen LogP contribution in [0.1, 0.15) is 12.0 Å². The Morgan fingerprint density at radius 1 is 1.29 bits per heavy atom. The summed E-state index contributed by atoms with van der Waals surface area (Å²) in [5.74, 6) is 0. The minimum Gasteiger partial charge on any atom is -0.371 e. The van der Waals surface area contributed by atoms with Crippen LogP contribution in [0.5, 0.6) is 0 Å². The highest BCUT2D eigenvalue weighted by atomic mass is 16.5. The standard InChI is InChI=1S/C14H20N2O/c1-2-4-13(5-3-1)10-16-8-6-14(12-16)11-15-7-9-17-14/h1-5,15H,6-12H2. The quantitative estimate of drug-likeness (QED) is 0.830. The van der Waals surface area contributed by atoms with Gasteiger partial charge in [-0.05, 0) is 12.0 Å². The number of ether oxygens (including phenoxy) is 1. The molecule has 0 amide bonds. The molecular weight excluding hydrogens is 212 g/mol. The van der Waals surface area contributed by atoms with Gasteiger partial charge in [-0.3, -0.25) is 4.90 Å². The first-order valence-corrected chi connectivity index (χ1v) is 6.47. The van der Waals surface area contributed by atoms with Crippen LogP contribution in [0.4, 0.5) is 0 Å². The van der Waals surface area contributed by atoms with Crippen LogP contribution in [0, 0.1) is 0 Å². The molecule has 2 aliphatic rings. The van der Waals surface area contributed by atoms with Gasteiger partial charge in [0, 0.05) is 32.7 Å². The van der Waals surface area contributed by atoms with Crippen molar-refractivity contribution in [3.63, 3.8) is 0 Å². The maximum Gasteiger partial charge on any atom is 0.0945 e. The largest absolute Gasteiger partial charge is 0.371 e. The highest BCUT2D eigenvalue weighted by Gasteiger charge is 2.40. The monoisotopic (exact) mass is 232 g/mol. The van der Waals surface area contributed by atoms with Crippen LogP contribution in [0.25, 0.3) is 0 Å². The van der Waals surface area contributed by atoms with Crippen molar-refractivity contribution in [1.29, 1.82) is 0 Å². The van der Waals surface area contributed by atoms with Crippen LogP contribution in [0.3, 0.4) is 0 Å². The second-order valence-electron chi connectivity index (χ2n) is 5.15. The number of likely N-dealkylation sites (tertiary alicyclic amines) is 1. The number of hydrogen-bond donors (Lipinski definition) is 1. The van der Waals surface area contributed by atoms with Crippen molar-refractivity contribution in [2.24, 2.45) is 0 Å². The van der Waals surface area contributed by atoms with Gasteiger partial charge in [0.05, 0.1) is 12.2 Å². The SMILES string of the molecule is c1ccc(CN2CCC3(CNCCO3)C2)cc1. The second kappa shape index (κ2) is 4.77. The Morgan fingerprint density at radius 2 is 2.18 bits per heavy atom. The summed E-state index contributed by atoms with van der Waals surface area (Å²) in [7, 11) is 0. The number of benzene rings is 1. The molecule has 0 aliphatic carbocycles. The van der Waals surface area contributed by atoms with Gasteiger partial charge in [0.2, 0.25) is 0 Å². The Bertz CT molecular complexity index is 360. The fourth-order valence-electron chi connectivity index (χ4n) is 2.87. The van der Waals surface area contributed by atoms with Gasteiger partial charge in [0.1, 0.15) is 0 Å². The first kappa shape index (κ1) is 11.2. The van der Waals surface area contributed by atoms with Crippen molar-refractivity contribution in [3.8, 4) is 0 Å². The molecule has 1 N–H and O–H groups in total. The lowest BCUT2D eigenvalue weighted by Crippen LogP contribution is -2.51. The van der Waals surface area contributed by atoms with Crippen molar-refractivity contribution in [2.75, 3.05) is 32.8 Å². The van der Waals surface area contributed by atoms with Crippen LogP contribution in [-0.4, -0.2) is 43.3 Å². The predicted molar refractivity (Wildman–Crippen MR) is 67.9 cm³/mol. The lowest BCUT2D eigenvalue weighted by molar-refractivity contribution is -0.0575. The predicted octanol–water partition coefficient (Wildman–Crippen LogP) is 1.25. The van der Waals surface area contributed by atoms with E-state index in [9.17, 15) is 0 Å². The average molecular weight is 232 g/mol. The topological polar surface area (TPSA) is 24.5 Å². The normalized spacial score (nSPS) is 29.9. The molecule has 1 aromatic carbocycles. The molecule has 1 spiro atoms. The Hall–Kier alpha value is -0.900. The van der Waals surface area contributed by atoms with Crippen molar-refractivity contribution < 1.29 is 4.74 Å². The zero-order valence-corrected chi connectivity index (χ0v) is 10.2. The average Bonchev–Trinajstić information content (AvgIpc) is 2.74. The summed E-state index contributed by atoms with van der Waals surface area (Å²) in [5, 5.41) is 3.45. The third-order valence-electron chi connectivity index (χ3n) is 3.78. The molecule has 2 saturated heterocycles. The molecule has 1 atom stereocenters. The van der Waals surface area contributed by atoms with Gasteiger partial charge < -0.3 is 10.1 Å². The molecule has 1 unspecified atom stereocenters. The second-order valence-corrected chi connectivity index (χ2v) is 5.15. The number of hydrogen-bond acceptors (Lipinski definition) is 3. The maximum absolute atomic E-state index is 5.99. The lowest BCUT2D eigenvalue weighted by atomic mass is 10.0. The van der Waals surface area contributed by atoms with Gasteiger partial charge in [0.15, 0.2) is 0 Å². The Morgan fingerprint density at radius 3 is 2.94 bits per heavy atom. The molecule has 3 rings (SSSR count). The number of rotatable bonds is 2. The highest BCUT2D eigenvalue weighted by molar-refractivity contribution is 5.15. The first-order valence-electron chi connectivity index (χ1n) is 6.47. The molecule has 0 radical (unpaired) electrons. The molecule has 1 aromatic rings. The first-order chi connectivity index (χ1) is 8.36. The summed E-state index contributed by atoms with van der Waals surface area (Å²) in [6, 6.07) is 10.7. The Kier molecular flexibility index (Phi) is 3.14. The van der Waals surface area contributed by atoms with E-state index in [0.717, 1.165) is 45.8 Å². The molecular formula is C14H20N2O. The van der Waals surface area contributed by atoms with Gasteiger partial charge in [0.25, 0.3) is 0 Å². The van der Waals surface area contributed by atoms with Crippen molar-refractivity contribution in [3.05, 3.63) is 35.9 Å². The number of morpholine rings is 1. The summed E-state index contributed by atoms with van der Waals surface area (Å²) in [5.41, 5.74) is 1.49. The minimum atomic E-state index is 0.0903. The summed E-state index contributed by atoms with van der Waals surface area (Å²) >= 11 is 0. The summed E-state index contributed by atoms with van der Waals surface area (Å²) in [6.07, 6.45) is 1.16. The summed E-state index contributed by atoms with van der Waals surface area (Å²) < 4.78 is 5.99.